The van der Waals surface area contributed by atoms with E-state index in [1.165, 1.54) is 19.3 Å². The topological polar surface area (TPSA) is 55.2 Å². The van der Waals surface area contributed by atoms with Crippen LogP contribution in [0.4, 0.5) is 11.4 Å². The maximum Gasteiger partial charge on any atom is 0.269 e. The molecule has 94 valence electrons. The van der Waals surface area contributed by atoms with Crippen LogP contribution in [-0.2, 0) is 0 Å². The van der Waals surface area contributed by atoms with Gasteiger partial charge >= 0.3 is 0 Å². The van der Waals surface area contributed by atoms with Crippen molar-refractivity contribution in [2.24, 2.45) is 23.7 Å². The van der Waals surface area contributed by atoms with Crippen LogP contribution in [0.2, 0.25) is 0 Å². The van der Waals surface area contributed by atoms with Crippen molar-refractivity contribution in [3.8, 4) is 0 Å². The molecular formula is C14H16N2O2. The number of hydrogen-bond donors (Lipinski definition) is 1. The van der Waals surface area contributed by atoms with E-state index in [9.17, 15) is 10.1 Å². The van der Waals surface area contributed by atoms with Crippen LogP contribution in [0.25, 0.3) is 0 Å². The first-order valence-corrected chi connectivity index (χ1v) is 6.75. The molecule has 1 aromatic carbocycles. The zero-order valence-corrected chi connectivity index (χ0v) is 10.1. The third-order valence-corrected chi connectivity index (χ3v) is 5.15. The van der Waals surface area contributed by atoms with E-state index in [4.69, 9.17) is 0 Å². The molecule has 3 aliphatic carbocycles. The van der Waals surface area contributed by atoms with Gasteiger partial charge in [0.2, 0.25) is 0 Å². The number of hydrogen-bond acceptors (Lipinski definition) is 3. The summed E-state index contributed by atoms with van der Waals surface area (Å²) in [6.07, 6.45) is 4.29. The monoisotopic (exact) mass is 244 g/mol. The van der Waals surface area contributed by atoms with Crippen LogP contribution in [-0.4, -0.2) is 11.0 Å². The minimum Gasteiger partial charge on any atom is -0.382 e. The van der Waals surface area contributed by atoms with Crippen LogP contribution in [0.3, 0.4) is 0 Å². The summed E-state index contributed by atoms with van der Waals surface area (Å²) in [5, 5.41) is 14.1. The van der Waals surface area contributed by atoms with E-state index in [1.807, 2.05) is 12.1 Å². The molecule has 0 heterocycles. The summed E-state index contributed by atoms with van der Waals surface area (Å²) in [6.45, 7) is 0. The zero-order valence-electron chi connectivity index (χ0n) is 10.1. The third-order valence-electron chi connectivity index (χ3n) is 5.15. The van der Waals surface area contributed by atoms with Crippen LogP contribution < -0.4 is 5.32 Å². The van der Waals surface area contributed by atoms with Crippen molar-refractivity contribution in [1.82, 2.24) is 0 Å². The van der Waals surface area contributed by atoms with E-state index >= 15 is 0 Å². The fraction of sp³-hybridized carbons (Fsp3) is 0.571. The smallest absolute Gasteiger partial charge is 0.269 e. The molecule has 4 unspecified atom stereocenters. The summed E-state index contributed by atoms with van der Waals surface area (Å²) in [7, 11) is 0. The number of non-ortho nitro benzene ring substituents is 1. The lowest BCUT2D eigenvalue weighted by Crippen LogP contribution is -2.12. The Morgan fingerprint density at radius 2 is 1.72 bits per heavy atom. The lowest BCUT2D eigenvalue weighted by Gasteiger charge is -2.11. The molecule has 0 aromatic heterocycles. The third kappa shape index (κ3) is 1.38. The summed E-state index contributed by atoms with van der Waals surface area (Å²) in [5.41, 5.74) is 1.19. The molecule has 2 bridgehead atoms. The van der Waals surface area contributed by atoms with E-state index in [0.717, 1.165) is 29.4 Å². The normalized spacial score (nSPS) is 39.4. The Balaban J connectivity index is 1.46. The lowest BCUT2D eigenvalue weighted by molar-refractivity contribution is -0.384. The molecular weight excluding hydrogens is 228 g/mol. The molecule has 4 heteroatoms. The molecule has 3 fully saturated rings. The first-order valence-electron chi connectivity index (χ1n) is 6.75. The minimum absolute atomic E-state index is 0.164. The molecule has 0 aliphatic heterocycles. The summed E-state index contributed by atoms with van der Waals surface area (Å²) in [6, 6.07) is 7.45. The van der Waals surface area contributed by atoms with Crippen molar-refractivity contribution in [3.63, 3.8) is 0 Å². The SMILES string of the molecule is O=[N+]([O-])c1ccc(NC2C3C4CCC(C4)C23)cc1. The maximum absolute atomic E-state index is 10.6. The van der Waals surface area contributed by atoms with Gasteiger partial charge in [-0.2, -0.15) is 0 Å². The van der Waals surface area contributed by atoms with Crippen molar-refractivity contribution >= 4 is 11.4 Å². The van der Waals surface area contributed by atoms with Gasteiger partial charge in [0.25, 0.3) is 5.69 Å². The molecule has 18 heavy (non-hydrogen) atoms. The van der Waals surface area contributed by atoms with E-state index in [0.29, 0.717) is 6.04 Å². The van der Waals surface area contributed by atoms with Crippen molar-refractivity contribution in [2.75, 3.05) is 5.32 Å². The van der Waals surface area contributed by atoms with Crippen LogP contribution in [0.15, 0.2) is 24.3 Å². The summed E-state index contributed by atoms with van der Waals surface area (Å²) < 4.78 is 0. The highest BCUT2D eigenvalue weighted by atomic mass is 16.6. The first kappa shape index (κ1) is 10.4. The van der Waals surface area contributed by atoms with E-state index in [-0.39, 0.29) is 10.6 Å². The highest BCUT2D eigenvalue weighted by Gasteiger charge is 2.64. The Kier molecular flexibility index (Phi) is 1.99. The Morgan fingerprint density at radius 1 is 1.11 bits per heavy atom. The van der Waals surface area contributed by atoms with E-state index < -0.39 is 0 Å². The molecule has 3 aliphatic rings. The average molecular weight is 244 g/mol. The number of rotatable bonds is 3. The fourth-order valence-electron chi connectivity index (χ4n) is 4.39. The van der Waals surface area contributed by atoms with Gasteiger partial charge < -0.3 is 5.32 Å². The summed E-state index contributed by atoms with van der Waals surface area (Å²) in [5.74, 6) is 3.68. The van der Waals surface area contributed by atoms with Gasteiger partial charge in [0.1, 0.15) is 0 Å². The van der Waals surface area contributed by atoms with Crippen LogP contribution in [0.5, 0.6) is 0 Å². The molecule has 1 N–H and O–H groups in total. The predicted octanol–water partition coefficient (Wildman–Crippen LogP) is 3.05. The predicted molar refractivity (Wildman–Crippen MR) is 68.3 cm³/mol. The van der Waals surface area contributed by atoms with Gasteiger partial charge in [-0.05, 0) is 55.1 Å². The van der Waals surface area contributed by atoms with Gasteiger partial charge in [0.05, 0.1) is 4.92 Å². The maximum atomic E-state index is 10.6. The highest BCUT2D eigenvalue weighted by Crippen LogP contribution is 2.66. The van der Waals surface area contributed by atoms with Gasteiger partial charge in [-0.25, -0.2) is 0 Å². The number of nitrogens with zero attached hydrogens (tertiary/aromatic N) is 1. The van der Waals surface area contributed by atoms with Crippen molar-refractivity contribution < 1.29 is 4.92 Å². The molecule has 4 nitrogen and oxygen atoms in total. The van der Waals surface area contributed by atoms with Gasteiger partial charge in [0, 0.05) is 23.9 Å². The van der Waals surface area contributed by atoms with E-state index in [1.54, 1.807) is 12.1 Å². The molecule has 3 saturated carbocycles. The number of benzene rings is 1. The lowest BCUT2D eigenvalue weighted by atomic mass is 10.0. The average Bonchev–Trinajstić information content (AvgIpc) is 2.78. The molecule has 0 saturated heterocycles. The zero-order chi connectivity index (χ0) is 12.3. The Labute approximate surface area is 106 Å². The van der Waals surface area contributed by atoms with Gasteiger partial charge in [0.15, 0.2) is 0 Å². The number of nitro groups is 1. The van der Waals surface area contributed by atoms with Crippen LogP contribution >= 0.6 is 0 Å². The fourth-order valence-corrected chi connectivity index (χ4v) is 4.39. The second-order valence-electron chi connectivity index (χ2n) is 5.96. The van der Waals surface area contributed by atoms with Gasteiger partial charge in [-0.1, -0.05) is 0 Å². The first-order chi connectivity index (χ1) is 8.74. The number of fused-ring (bicyclic) bond motifs is 5. The molecule has 1 aromatic rings. The van der Waals surface area contributed by atoms with Crippen molar-refractivity contribution in [3.05, 3.63) is 34.4 Å². The number of nitro benzene ring substituents is 1. The Hall–Kier alpha value is -1.58. The molecule has 4 rings (SSSR count). The second kappa shape index (κ2) is 3.46. The summed E-state index contributed by atoms with van der Waals surface area (Å²) in [4.78, 5) is 10.2. The number of anilines is 1. The summed E-state index contributed by atoms with van der Waals surface area (Å²) >= 11 is 0. The van der Waals surface area contributed by atoms with Crippen LogP contribution in [0.1, 0.15) is 19.3 Å². The highest BCUT2D eigenvalue weighted by molar-refractivity contribution is 5.51. The van der Waals surface area contributed by atoms with Crippen LogP contribution in [0, 0.1) is 33.8 Å². The Morgan fingerprint density at radius 3 is 2.28 bits per heavy atom. The van der Waals surface area contributed by atoms with Gasteiger partial charge in [-0.15, -0.1) is 0 Å². The second-order valence-corrected chi connectivity index (χ2v) is 5.96. The largest absolute Gasteiger partial charge is 0.382 e. The van der Waals surface area contributed by atoms with Gasteiger partial charge in [-0.3, -0.25) is 10.1 Å². The number of nitrogens with one attached hydrogen (secondary N) is 1. The Bertz CT molecular complexity index is 483. The quantitative estimate of drug-likeness (QED) is 0.656. The molecule has 4 atom stereocenters. The van der Waals surface area contributed by atoms with Crippen molar-refractivity contribution in [1.29, 1.82) is 0 Å². The molecule has 0 spiro atoms. The van der Waals surface area contributed by atoms with Crippen molar-refractivity contribution in [2.45, 2.75) is 25.3 Å². The molecule has 0 radical (unpaired) electrons. The molecule has 0 amide bonds. The standard InChI is InChI=1S/C14H16N2O2/c17-16(18)11-5-3-10(4-6-11)15-14-12-8-1-2-9(7-8)13(12)14/h3-6,8-9,12-15H,1-2,7H2. The minimum atomic E-state index is -0.351. The van der Waals surface area contributed by atoms with E-state index in [2.05, 4.69) is 5.32 Å².